The minimum atomic E-state index is -4.47. The predicted octanol–water partition coefficient (Wildman–Crippen LogP) is 3.37. The van der Waals surface area contributed by atoms with Crippen LogP contribution in [0.5, 0.6) is 11.5 Å². The minimum Gasteiger partial charge on any atom is -0.493 e. The van der Waals surface area contributed by atoms with Crippen molar-refractivity contribution in [1.82, 2.24) is 4.98 Å². The van der Waals surface area contributed by atoms with Crippen molar-refractivity contribution >= 4 is 11.7 Å². The van der Waals surface area contributed by atoms with Gasteiger partial charge in [0.15, 0.2) is 11.5 Å². The minimum absolute atomic E-state index is 0.0118. The molecule has 2 rings (SSSR count). The summed E-state index contributed by atoms with van der Waals surface area (Å²) in [6.07, 6.45) is -3.82. The Morgan fingerprint density at radius 2 is 1.78 bits per heavy atom. The molecule has 1 aromatic heterocycles. The van der Waals surface area contributed by atoms with E-state index in [1.165, 1.54) is 26.4 Å². The third-order valence-corrected chi connectivity index (χ3v) is 2.98. The van der Waals surface area contributed by atoms with Crippen molar-refractivity contribution in [2.75, 3.05) is 19.5 Å². The van der Waals surface area contributed by atoms with Crippen molar-refractivity contribution in [2.45, 2.75) is 6.18 Å². The largest absolute Gasteiger partial charge is 0.493 e. The number of pyridine rings is 1. The fraction of sp³-hybridized carbons (Fsp3) is 0.200. The molecule has 0 unspecified atom stereocenters. The number of halogens is 3. The van der Waals surface area contributed by atoms with Crippen LogP contribution in [0.1, 0.15) is 15.9 Å². The predicted molar refractivity (Wildman–Crippen MR) is 76.7 cm³/mol. The van der Waals surface area contributed by atoms with E-state index in [1.807, 2.05) is 0 Å². The number of methoxy groups -OCH3 is 2. The zero-order chi connectivity index (χ0) is 17.0. The molecule has 0 saturated carbocycles. The van der Waals surface area contributed by atoms with Crippen molar-refractivity contribution in [3.8, 4) is 11.5 Å². The van der Waals surface area contributed by atoms with Crippen LogP contribution in [0.4, 0.5) is 19.0 Å². The Labute approximate surface area is 130 Å². The number of alkyl halides is 3. The Hall–Kier alpha value is -2.77. The standard InChI is InChI=1S/C15H13F3N2O3/c1-22-11-5-3-9(7-12(11)23-2)14(21)20-13-6-4-10(8-19-13)15(16,17)18/h3-8H,1-2H3,(H,19,20,21). The molecule has 1 N–H and O–H groups in total. The van der Waals surface area contributed by atoms with E-state index < -0.39 is 17.6 Å². The third-order valence-electron chi connectivity index (χ3n) is 2.98. The Kier molecular flexibility index (Phi) is 4.73. The first kappa shape index (κ1) is 16.6. The molecule has 0 bridgehead atoms. The van der Waals surface area contributed by atoms with Crippen molar-refractivity contribution in [2.24, 2.45) is 0 Å². The number of carbonyl (C=O) groups excluding carboxylic acids is 1. The molecule has 1 aromatic carbocycles. The lowest BCUT2D eigenvalue weighted by molar-refractivity contribution is -0.137. The number of carbonyl (C=O) groups is 1. The first-order valence-electron chi connectivity index (χ1n) is 6.42. The molecule has 0 aliphatic carbocycles. The van der Waals surface area contributed by atoms with Gasteiger partial charge in [0, 0.05) is 11.8 Å². The van der Waals surface area contributed by atoms with Crippen molar-refractivity contribution in [3.63, 3.8) is 0 Å². The van der Waals surface area contributed by atoms with Gasteiger partial charge in [0.25, 0.3) is 5.91 Å². The molecule has 23 heavy (non-hydrogen) atoms. The summed E-state index contributed by atoms with van der Waals surface area (Å²) >= 11 is 0. The summed E-state index contributed by atoms with van der Waals surface area (Å²) in [7, 11) is 2.89. The number of nitrogens with one attached hydrogen (secondary N) is 1. The zero-order valence-electron chi connectivity index (χ0n) is 12.3. The summed E-state index contributed by atoms with van der Waals surface area (Å²) in [6.45, 7) is 0. The van der Waals surface area contributed by atoms with Crippen LogP contribution in [-0.4, -0.2) is 25.1 Å². The lowest BCUT2D eigenvalue weighted by Crippen LogP contribution is -2.14. The Morgan fingerprint density at radius 1 is 1.09 bits per heavy atom. The zero-order valence-corrected chi connectivity index (χ0v) is 12.3. The fourth-order valence-corrected chi connectivity index (χ4v) is 1.80. The number of hydrogen-bond acceptors (Lipinski definition) is 4. The maximum absolute atomic E-state index is 12.4. The molecule has 8 heteroatoms. The number of ether oxygens (including phenoxy) is 2. The van der Waals surface area contributed by atoms with Gasteiger partial charge >= 0.3 is 6.18 Å². The van der Waals surface area contributed by atoms with Crippen LogP contribution in [0, 0.1) is 0 Å². The average Bonchev–Trinajstić information content (AvgIpc) is 2.53. The lowest BCUT2D eigenvalue weighted by atomic mass is 10.2. The number of amides is 1. The lowest BCUT2D eigenvalue weighted by Gasteiger charge is -2.10. The summed E-state index contributed by atoms with van der Waals surface area (Å²) in [5, 5.41) is 2.41. The van der Waals surface area contributed by atoms with Gasteiger partial charge in [-0.15, -0.1) is 0 Å². The second-order valence-corrected chi connectivity index (χ2v) is 4.45. The van der Waals surface area contributed by atoms with Crippen LogP contribution in [0.2, 0.25) is 0 Å². The van der Waals surface area contributed by atoms with Gasteiger partial charge in [-0.1, -0.05) is 0 Å². The van der Waals surface area contributed by atoms with Crippen molar-refractivity contribution in [1.29, 1.82) is 0 Å². The van der Waals surface area contributed by atoms with Crippen molar-refractivity contribution < 1.29 is 27.4 Å². The van der Waals surface area contributed by atoms with Gasteiger partial charge in [0.1, 0.15) is 5.82 Å². The van der Waals surface area contributed by atoms with Gasteiger partial charge in [-0.2, -0.15) is 13.2 Å². The SMILES string of the molecule is COc1ccc(C(=O)Nc2ccc(C(F)(F)F)cn2)cc1OC. The van der Waals surface area contributed by atoms with E-state index in [0.717, 1.165) is 12.1 Å². The summed E-state index contributed by atoms with van der Waals surface area (Å²) in [5.41, 5.74) is -0.633. The molecule has 0 spiro atoms. The van der Waals surface area contributed by atoms with Crippen molar-refractivity contribution in [3.05, 3.63) is 47.7 Å². The summed E-state index contributed by atoms with van der Waals surface area (Å²) in [4.78, 5) is 15.7. The molecular formula is C15H13F3N2O3. The number of hydrogen-bond donors (Lipinski definition) is 1. The first-order valence-corrected chi connectivity index (χ1v) is 6.42. The maximum Gasteiger partial charge on any atom is 0.417 e. The van der Waals surface area contributed by atoms with Gasteiger partial charge in [0.05, 0.1) is 19.8 Å². The number of benzene rings is 1. The molecule has 0 saturated heterocycles. The topological polar surface area (TPSA) is 60.5 Å². The van der Waals surface area contributed by atoms with Crippen LogP contribution < -0.4 is 14.8 Å². The molecule has 0 fully saturated rings. The highest BCUT2D eigenvalue weighted by molar-refractivity contribution is 6.04. The van der Waals surface area contributed by atoms with E-state index in [0.29, 0.717) is 17.7 Å². The van der Waals surface area contributed by atoms with Crippen LogP contribution in [0.25, 0.3) is 0 Å². The second kappa shape index (κ2) is 6.55. The van der Waals surface area contributed by atoms with E-state index in [-0.39, 0.29) is 11.4 Å². The highest BCUT2D eigenvalue weighted by Crippen LogP contribution is 2.29. The maximum atomic E-state index is 12.4. The van der Waals surface area contributed by atoms with Crippen LogP contribution in [-0.2, 0) is 6.18 Å². The van der Waals surface area contributed by atoms with E-state index in [1.54, 1.807) is 6.07 Å². The second-order valence-electron chi connectivity index (χ2n) is 4.45. The molecule has 122 valence electrons. The third kappa shape index (κ3) is 3.91. The Bertz CT molecular complexity index is 700. The quantitative estimate of drug-likeness (QED) is 0.936. The monoisotopic (exact) mass is 326 g/mol. The van der Waals surface area contributed by atoms with E-state index >= 15 is 0 Å². The highest BCUT2D eigenvalue weighted by atomic mass is 19.4. The number of nitrogens with zero attached hydrogens (tertiary/aromatic N) is 1. The van der Waals surface area contributed by atoms with Gasteiger partial charge in [-0.05, 0) is 30.3 Å². The Morgan fingerprint density at radius 3 is 2.30 bits per heavy atom. The number of rotatable bonds is 4. The molecule has 0 aliphatic heterocycles. The molecule has 0 aliphatic rings. The molecule has 1 heterocycles. The summed E-state index contributed by atoms with van der Waals surface area (Å²) in [5.74, 6) is 0.299. The molecule has 5 nitrogen and oxygen atoms in total. The fourth-order valence-electron chi connectivity index (χ4n) is 1.80. The molecular weight excluding hydrogens is 313 g/mol. The van der Waals surface area contributed by atoms with Gasteiger partial charge in [0.2, 0.25) is 0 Å². The van der Waals surface area contributed by atoms with Gasteiger partial charge in [-0.25, -0.2) is 4.98 Å². The van der Waals surface area contributed by atoms with Crippen LogP contribution in [0.15, 0.2) is 36.5 Å². The first-order chi connectivity index (χ1) is 10.8. The van der Waals surface area contributed by atoms with Gasteiger partial charge in [-0.3, -0.25) is 4.79 Å². The smallest absolute Gasteiger partial charge is 0.417 e. The summed E-state index contributed by atoms with van der Waals surface area (Å²) < 4.78 is 47.5. The molecule has 0 radical (unpaired) electrons. The van der Waals surface area contributed by atoms with E-state index in [2.05, 4.69) is 10.3 Å². The molecule has 2 aromatic rings. The highest BCUT2D eigenvalue weighted by Gasteiger charge is 2.30. The normalized spacial score (nSPS) is 11.0. The molecule has 1 amide bonds. The van der Waals surface area contributed by atoms with E-state index in [4.69, 9.17) is 9.47 Å². The van der Waals surface area contributed by atoms with Crippen LogP contribution in [0.3, 0.4) is 0 Å². The van der Waals surface area contributed by atoms with Gasteiger partial charge < -0.3 is 14.8 Å². The van der Waals surface area contributed by atoms with Crippen LogP contribution >= 0.6 is 0 Å². The summed E-state index contributed by atoms with van der Waals surface area (Å²) in [6, 6.07) is 6.44. The number of anilines is 1. The molecule has 0 atom stereocenters. The Balaban J connectivity index is 2.16. The number of aromatic nitrogens is 1. The van der Waals surface area contributed by atoms with E-state index in [9.17, 15) is 18.0 Å². The average molecular weight is 326 g/mol.